The number of Topliss-reactive ketones (excluding diaryl/α,β-unsaturated/α-hetero) is 1. The maximum atomic E-state index is 11.5. The van der Waals surface area contributed by atoms with Crippen LogP contribution < -0.4 is 5.43 Å². The van der Waals surface area contributed by atoms with E-state index in [-0.39, 0.29) is 11.2 Å². The van der Waals surface area contributed by atoms with Gasteiger partial charge in [0.2, 0.25) is 0 Å². The van der Waals surface area contributed by atoms with Crippen LogP contribution in [0, 0.1) is 5.41 Å². The number of hydrogen-bond acceptors (Lipinski definition) is 4. The third kappa shape index (κ3) is 4.30. The second-order valence-electron chi connectivity index (χ2n) is 4.51. The zero-order chi connectivity index (χ0) is 11.5. The Bertz CT molecular complexity index is 311. The number of thiocarbonyl (C=S) groups is 1. The fraction of sp³-hybridized carbons (Fsp3) is 0.700. The molecule has 5 heteroatoms. The van der Waals surface area contributed by atoms with Crippen LogP contribution in [-0.2, 0) is 4.79 Å². The first kappa shape index (κ1) is 12.6. The average Bonchev–Trinajstić information content (AvgIpc) is 2.11. The average molecular weight is 244 g/mol. The standard InChI is InChI=1S/C10H16N2OS2/c1-10(2)5-7(4-8(13)6-10)11-12-9(14)15-3/h4-6H2,1-3H3,(H,12,14)/b11-7-. The van der Waals surface area contributed by atoms with E-state index >= 15 is 0 Å². The van der Waals surface area contributed by atoms with Crippen LogP contribution in [0.5, 0.6) is 0 Å². The van der Waals surface area contributed by atoms with E-state index in [2.05, 4.69) is 24.4 Å². The van der Waals surface area contributed by atoms with Crippen LogP contribution in [0.15, 0.2) is 5.10 Å². The molecule has 0 amide bonds. The van der Waals surface area contributed by atoms with Crippen molar-refractivity contribution in [3.8, 4) is 0 Å². The Labute approximate surface area is 100 Å². The van der Waals surface area contributed by atoms with Crippen molar-refractivity contribution < 1.29 is 4.79 Å². The van der Waals surface area contributed by atoms with Crippen molar-refractivity contribution in [1.29, 1.82) is 0 Å². The Morgan fingerprint density at radius 2 is 2.20 bits per heavy atom. The summed E-state index contributed by atoms with van der Waals surface area (Å²) in [6.07, 6.45) is 3.88. The van der Waals surface area contributed by atoms with Gasteiger partial charge in [-0.15, -0.1) is 0 Å². The molecule has 0 unspecified atom stereocenters. The molecule has 1 fully saturated rings. The SMILES string of the molecule is CSC(=S)N/N=C1/CC(=O)CC(C)(C)C1. The zero-order valence-corrected chi connectivity index (χ0v) is 10.9. The van der Waals surface area contributed by atoms with Gasteiger partial charge in [0.25, 0.3) is 0 Å². The van der Waals surface area contributed by atoms with Crippen molar-refractivity contribution in [1.82, 2.24) is 5.43 Å². The number of carbonyl (C=O) groups excluding carboxylic acids is 1. The molecule has 1 aliphatic carbocycles. The van der Waals surface area contributed by atoms with Crippen LogP contribution in [0.4, 0.5) is 0 Å². The van der Waals surface area contributed by atoms with E-state index in [1.165, 1.54) is 11.8 Å². The van der Waals surface area contributed by atoms with Crippen molar-refractivity contribution in [2.45, 2.75) is 33.1 Å². The Balaban J connectivity index is 2.62. The van der Waals surface area contributed by atoms with Gasteiger partial charge in [-0.05, 0) is 18.1 Å². The van der Waals surface area contributed by atoms with Crippen molar-refractivity contribution in [2.24, 2.45) is 10.5 Å². The van der Waals surface area contributed by atoms with Crippen molar-refractivity contribution in [3.05, 3.63) is 0 Å². The Morgan fingerprint density at radius 3 is 2.73 bits per heavy atom. The van der Waals surface area contributed by atoms with Gasteiger partial charge in [-0.25, -0.2) is 0 Å². The van der Waals surface area contributed by atoms with Gasteiger partial charge in [-0.1, -0.05) is 37.8 Å². The topological polar surface area (TPSA) is 41.5 Å². The highest BCUT2D eigenvalue weighted by molar-refractivity contribution is 8.22. The van der Waals surface area contributed by atoms with E-state index in [1.807, 2.05) is 6.26 Å². The molecule has 15 heavy (non-hydrogen) atoms. The molecule has 1 saturated carbocycles. The van der Waals surface area contributed by atoms with Gasteiger partial charge in [0.15, 0.2) is 4.32 Å². The van der Waals surface area contributed by atoms with Crippen LogP contribution in [0.1, 0.15) is 33.1 Å². The predicted molar refractivity (Wildman–Crippen MR) is 69.3 cm³/mol. The molecule has 0 aromatic rings. The summed E-state index contributed by atoms with van der Waals surface area (Å²) in [5, 5.41) is 4.18. The van der Waals surface area contributed by atoms with Crippen LogP contribution in [0.25, 0.3) is 0 Å². The summed E-state index contributed by atoms with van der Waals surface area (Å²) >= 11 is 6.41. The van der Waals surface area contributed by atoms with Crippen LogP contribution in [0.3, 0.4) is 0 Å². The largest absolute Gasteiger partial charge is 0.299 e. The van der Waals surface area contributed by atoms with E-state index < -0.39 is 0 Å². The molecule has 0 atom stereocenters. The number of rotatable bonds is 1. The van der Waals surface area contributed by atoms with E-state index in [9.17, 15) is 4.79 Å². The maximum absolute atomic E-state index is 11.5. The molecule has 0 saturated heterocycles. The normalized spacial score (nSPS) is 22.9. The van der Waals surface area contributed by atoms with Gasteiger partial charge in [0.1, 0.15) is 5.78 Å². The minimum atomic E-state index is 0.0385. The molecule has 0 spiro atoms. The molecular weight excluding hydrogens is 228 g/mol. The Morgan fingerprint density at radius 1 is 1.53 bits per heavy atom. The number of ketones is 1. The highest BCUT2D eigenvalue weighted by Gasteiger charge is 2.30. The summed E-state index contributed by atoms with van der Waals surface area (Å²) < 4.78 is 0.637. The summed E-state index contributed by atoms with van der Waals surface area (Å²) in [5.74, 6) is 0.266. The third-order valence-electron chi connectivity index (χ3n) is 2.25. The number of carbonyl (C=O) groups is 1. The van der Waals surface area contributed by atoms with Crippen molar-refractivity contribution in [3.63, 3.8) is 0 Å². The van der Waals surface area contributed by atoms with Gasteiger partial charge in [-0.2, -0.15) is 5.10 Å². The number of thioether (sulfide) groups is 1. The Kier molecular flexibility index (Phi) is 4.28. The minimum Gasteiger partial charge on any atom is -0.299 e. The first-order chi connectivity index (χ1) is 6.93. The molecule has 0 radical (unpaired) electrons. The van der Waals surface area contributed by atoms with E-state index in [4.69, 9.17) is 12.2 Å². The lowest BCUT2D eigenvalue weighted by Gasteiger charge is -2.29. The lowest BCUT2D eigenvalue weighted by molar-refractivity contribution is -0.120. The van der Waals surface area contributed by atoms with Gasteiger partial charge in [0.05, 0.1) is 0 Å². The molecule has 3 nitrogen and oxygen atoms in total. The lowest BCUT2D eigenvalue weighted by Crippen LogP contribution is -2.30. The summed E-state index contributed by atoms with van der Waals surface area (Å²) in [6.45, 7) is 4.18. The molecule has 1 rings (SSSR count). The minimum absolute atomic E-state index is 0.0385. The zero-order valence-electron chi connectivity index (χ0n) is 9.29. The highest BCUT2D eigenvalue weighted by Crippen LogP contribution is 2.31. The Hall–Kier alpha value is -0.420. The fourth-order valence-electron chi connectivity index (χ4n) is 1.75. The first-order valence-corrected chi connectivity index (χ1v) is 6.47. The molecule has 0 aromatic carbocycles. The smallest absolute Gasteiger partial charge is 0.153 e. The summed E-state index contributed by atoms with van der Waals surface area (Å²) in [6, 6.07) is 0. The van der Waals surface area contributed by atoms with Gasteiger partial charge >= 0.3 is 0 Å². The maximum Gasteiger partial charge on any atom is 0.153 e. The molecule has 84 valence electrons. The second-order valence-corrected chi connectivity index (χ2v) is 6.00. The van der Waals surface area contributed by atoms with Gasteiger partial charge in [-0.3, -0.25) is 10.2 Å². The molecule has 0 heterocycles. The predicted octanol–water partition coefficient (Wildman–Crippen LogP) is 2.36. The van der Waals surface area contributed by atoms with Crippen LogP contribution in [0.2, 0.25) is 0 Å². The fourth-order valence-corrected chi connectivity index (χ4v) is 1.93. The molecule has 0 aliphatic heterocycles. The van der Waals surface area contributed by atoms with Gasteiger partial charge in [0, 0.05) is 18.6 Å². The second kappa shape index (κ2) is 5.07. The van der Waals surface area contributed by atoms with Crippen LogP contribution >= 0.6 is 24.0 Å². The third-order valence-corrected chi connectivity index (χ3v) is 3.30. The van der Waals surface area contributed by atoms with Gasteiger partial charge < -0.3 is 0 Å². The number of nitrogens with one attached hydrogen (secondary N) is 1. The summed E-state index contributed by atoms with van der Waals surface area (Å²) in [7, 11) is 0. The van der Waals surface area contributed by atoms with E-state index in [0.717, 1.165) is 12.1 Å². The molecule has 1 aliphatic rings. The summed E-state index contributed by atoms with van der Waals surface area (Å²) in [4.78, 5) is 11.5. The molecular formula is C10H16N2OS2. The number of nitrogens with zero attached hydrogens (tertiary/aromatic N) is 1. The quantitative estimate of drug-likeness (QED) is 0.568. The van der Waals surface area contributed by atoms with Crippen molar-refractivity contribution in [2.75, 3.05) is 6.26 Å². The first-order valence-electron chi connectivity index (χ1n) is 4.84. The molecule has 1 N–H and O–H groups in total. The lowest BCUT2D eigenvalue weighted by atomic mass is 9.76. The number of hydrazone groups is 1. The molecule has 0 aromatic heterocycles. The van der Waals surface area contributed by atoms with Crippen molar-refractivity contribution >= 4 is 39.8 Å². The van der Waals surface area contributed by atoms with E-state index in [1.54, 1.807) is 0 Å². The molecule has 0 bridgehead atoms. The monoisotopic (exact) mass is 244 g/mol. The highest BCUT2D eigenvalue weighted by atomic mass is 32.2. The number of hydrogen-bond donors (Lipinski definition) is 1. The van der Waals surface area contributed by atoms with E-state index in [0.29, 0.717) is 17.2 Å². The summed E-state index contributed by atoms with van der Waals surface area (Å²) in [5.41, 5.74) is 3.74. The van der Waals surface area contributed by atoms with Crippen LogP contribution in [-0.4, -0.2) is 22.1 Å².